The maximum atomic E-state index is 13.1. The van der Waals surface area contributed by atoms with E-state index in [9.17, 15) is 24.0 Å². The quantitative estimate of drug-likeness (QED) is 0.272. The van der Waals surface area contributed by atoms with Crippen LogP contribution in [0.1, 0.15) is 86.1 Å². The van der Waals surface area contributed by atoms with E-state index in [-0.39, 0.29) is 18.8 Å². The Balaban J connectivity index is 2.02. The molecule has 11 heteroatoms. The van der Waals surface area contributed by atoms with E-state index in [1.54, 1.807) is 12.5 Å². The van der Waals surface area contributed by atoms with Crippen LogP contribution in [0.4, 0.5) is 0 Å². The standard InChI is InChI=1S/C35H46O11/c1-18-24-11-12-25(23-13-14-42-17-23)34(24,8)32(46-22(5)39)31(45-21(4)38)30(18)35(9)26(15-29(40)41-10)33(6,7)27(43-19(2)36)16-28(35)44-20(3)37/h11,13-14,17,25-28,30-32H,1,12,15-16H2,2-10H3/t25-,26-,27+,28-,30-,31+,32-,34+,35+/m0/s1. The summed E-state index contributed by atoms with van der Waals surface area (Å²) in [6.45, 7) is 17.4. The van der Waals surface area contributed by atoms with Crippen molar-refractivity contribution in [2.24, 2.45) is 28.1 Å². The zero-order chi connectivity index (χ0) is 34.4. The number of hydrogen-bond donors (Lipinski definition) is 0. The molecule has 0 aromatic carbocycles. The van der Waals surface area contributed by atoms with Crippen LogP contribution < -0.4 is 0 Å². The lowest BCUT2D eigenvalue weighted by molar-refractivity contribution is -0.233. The van der Waals surface area contributed by atoms with Crippen LogP contribution in [0.3, 0.4) is 0 Å². The molecule has 11 nitrogen and oxygen atoms in total. The number of carbonyl (C=O) groups excluding carboxylic acids is 5. The molecule has 1 heterocycles. The monoisotopic (exact) mass is 642 g/mol. The fourth-order valence-corrected chi connectivity index (χ4v) is 8.90. The molecule has 2 fully saturated rings. The van der Waals surface area contributed by atoms with E-state index in [2.05, 4.69) is 12.7 Å². The van der Waals surface area contributed by atoms with Gasteiger partial charge in [-0.1, -0.05) is 40.3 Å². The maximum Gasteiger partial charge on any atom is 0.305 e. The van der Waals surface area contributed by atoms with Gasteiger partial charge in [0, 0.05) is 68.6 Å². The van der Waals surface area contributed by atoms with Crippen molar-refractivity contribution in [3.05, 3.63) is 48.0 Å². The van der Waals surface area contributed by atoms with Gasteiger partial charge in [0.15, 0.2) is 0 Å². The average molecular weight is 643 g/mol. The van der Waals surface area contributed by atoms with Gasteiger partial charge in [-0.3, -0.25) is 24.0 Å². The molecule has 46 heavy (non-hydrogen) atoms. The van der Waals surface area contributed by atoms with Crippen molar-refractivity contribution in [1.29, 1.82) is 0 Å². The molecule has 0 saturated heterocycles. The molecule has 0 bridgehead atoms. The van der Waals surface area contributed by atoms with Gasteiger partial charge in [0.25, 0.3) is 0 Å². The molecule has 1 aromatic rings. The average Bonchev–Trinajstić information content (AvgIpc) is 3.59. The van der Waals surface area contributed by atoms with E-state index in [1.165, 1.54) is 34.8 Å². The predicted molar refractivity (Wildman–Crippen MR) is 164 cm³/mol. The Kier molecular flexibility index (Phi) is 9.67. The second-order valence-electron chi connectivity index (χ2n) is 13.8. The SMILES string of the molecule is C=C1C2=CC[C@@H](c3ccoc3)[C@]2(C)[C@@H](OC(C)=O)[C@H](OC(C)=O)[C@H]1[C@@]1(C)[C@@H](OC(C)=O)C[C@@H](OC(C)=O)C(C)(C)[C@@H]1CC(=O)OC. The second-order valence-corrected chi connectivity index (χ2v) is 13.8. The Hall–Kier alpha value is -3.89. The molecular weight excluding hydrogens is 596 g/mol. The van der Waals surface area contributed by atoms with E-state index >= 15 is 0 Å². The van der Waals surface area contributed by atoms with Crippen molar-refractivity contribution in [1.82, 2.24) is 0 Å². The molecule has 3 aliphatic rings. The number of rotatable bonds is 8. The van der Waals surface area contributed by atoms with Crippen LogP contribution in [-0.4, -0.2) is 61.4 Å². The van der Waals surface area contributed by atoms with Crippen molar-refractivity contribution >= 4 is 29.8 Å². The third kappa shape index (κ3) is 5.88. The number of hydrogen-bond acceptors (Lipinski definition) is 11. The van der Waals surface area contributed by atoms with E-state index < -0.39 is 82.3 Å². The van der Waals surface area contributed by atoms with Gasteiger partial charge in [-0.25, -0.2) is 0 Å². The summed E-state index contributed by atoms with van der Waals surface area (Å²) in [5, 5.41) is 0. The highest BCUT2D eigenvalue weighted by Crippen LogP contribution is 2.67. The van der Waals surface area contributed by atoms with E-state index in [4.69, 9.17) is 28.1 Å². The number of methoxy groups -OCH3 is 1. The Bertz CT molecular complexity index is 1420. The van der Waals surface area contributed by atoms with Crippen molar-refractivity contribution in [3.63, 3.8) is 0 Å². The van der Waals surface area contributed by atoms with Crippen molar-refractivity contribution < 1.29 is 52.1 Å². The summed E-state index contributed by atoms with van der Waals surface area (Å²) in [5.41, 5.74) is -0.649. The smallest absolute Gasteiger partial charge is 0.305 e. The lowest BCUT2D eigenvalue weighted by atomic mass is 9.44. The van der Waals surface area contributed by atoms with Gasteiger partial charge >= 0.3 is 29.8 Å². The Morgan fingerprint density at radius 2 is 1.48 bits per heavy atom. The molecular formula is C35H46O11. The van der Waals surface area contributed by atoms with E-state index in [0.29, 0.717) is 12.0 Å². The molecule has 4 rings (SSSR count). The molecule has 3 aliphatic carbocycles. The summed E-state index contributed by atoms with van der Waals surface area (Å²) < 4.78 is 34.7. The highest BCUT2D eigenvalue weighted by molar-refractivity contribution is 5.71. The Morgan fingerprint density at radius 1 is 0.891 bits per heavy atom. The molecule has 1 aromatic heterocycles. The van der Waals surface area contributed by atoms with Crippen molar-refractivity contribution in [3.8, 4) is 0 Å². The Morgan fingerprint density at radius 3 is 2.00 bits per heavy atom. The van der Waals surface area contributed by atoms with Crippen LogP contribution in [0.25, 0.3) is 0 Å². The fraction of sp³-hybridized carbons (Fsp3) is 0.629. The third-order valence-electron chi connectivity index (χ3n) is 10.8. The fourth-order valence-electron chi connectivity index (χ4n) is 8.90. The molecule has 0 radical (unpaired) electrons. The first kappa shape index (κ1) is 35.0. The van der Waals surface area contributed by atoms with Gasteiger partial charge < -0.3 is 28.1 Å². The number of ether oxygens (including phenoxy) is 5. The number of allylic oxidation sites excluding steroid dienone is 1. The maximum absolute atomic E-state index is 13.1. The molecule has 0 spiro atoms. The Labute approximate surface area is 270 Å². The normalized spacial score (nSPS) is 34.8. The minimum atomic E-state index is -1.19. The predicted octanol–water partition coefficient (Wildman–Crippen LogP) is 5.23. The van der Waals surface area contributed by atoms with Crippen LogP contribution in [-0.2, 0) is 47.7 Å². The zero-order valence-corrected chi connectivity index (χ0v) is 28.2. The van der Waals surface area contributed by atoms with Crippen LogP contribution in [0, 0.1) is 28.1 Å². The van der Waals surface area contributed by atoms with Crippen molar-refractivity contribution in [2.45, 2.75) is 105 Å². The summed E-state index contributed by atoms with van der Waals surface area (Å²) in [6.07, 6.45) is 2.02. The van der Waals surface area contributed by atoms with Gasteiger partial charge in [0.2, 0.25) is 0 Å². The third-order valence-corrected chi connectivity index (χ3v) is 10.8. The summed E-state index contributed by atoms with van der Waals surface area (Å²) in [5.74, 6) is -4.52. The molecule has 0 amide bonds. The lowest BCUT2D eigenvalue weighted by Gasteiger charge is -2.63. The molecule has 0 N–H and O–H groups in total. The van der Waals surface area contributed by atoms with Crippen molar-refractivity contribution in [2.75, 3.05) is 7.11 Å². The largest absolute Gasteiger partial charge is 0.472 e. The number of carbonyl (C=O) groups is 5. The van der Waals surface area contributed by atoms with E-state index in [1.807, 2.05) is 33.8 Å². The van der Waals surface area contributed by atoms with Gasteiger partial charge in [-0.05, 0) is 35.1 Å². The minimum Gasteiger partial charge on any atom is -0.472 e. The number of furan rings is 1. The molecule has 0 aliphatic heterocycles. The van der Waals surface area contributed by atoms with E-state index in [0.717, 1.165) is 11.1 Å². The summed E-state index contributed by atoms with van der Waals surface area (Å²) in [7, 11) is 1.28. The zero-order valence-electron chi connectivity index (χ0n) is 28.2. The van der Waals surface area contributed by atoms with Gasteiger partial charge in [0.05, 0.1) is 19.6 Å². The van der Waals surface area contributed by atoms with Crippen LogP contribution in [0.2, 0.25) is 0 Å². The van der Waals surface area contributed by atoms with Crippen LogP contribution in [0.15, 0.2) is 46.8 Å². The molecule has 252 valence electrons. The molecule has 9 atom stereocenters. The van der Waals surface area contributed by atoms with Gasteiger partial charge in [0.1, 0.15) is 24.4 Å². The number of esters is 5. The summed E-state index contributed by atoms with van der Waals surface area (Å²) >= 11 is 0. The highest BCUT2D eigenvalue weighted by Gasteiger charge is 2.69. The van der Waals surface area contributed by atoms with Gasteiger partial charge in [-0.2, -0.15) is 0 Å². The summed E-state index contributed by atoms with van der Waals surface area (Å²) in [4.78, 5) is 63.8. The summed E-state index contributed by atoms with van der Waals surface area (Å²) in [6, 6.07) is 1.86. The van der Waals surface area contributed by atoms with Gasteiger partial charge in [-0.15, -0.1) is 0 Å². The second kappa shape index (κ2) is 12.7. The molecule has 0 unspecified atom stereocenters. The topological polar surface area (TPSA) is 145 Å². The highest BCUT2D eigenvalue weighted by atomic mass is 16.6. The first-order valence-electron chi connectivity index (χ1n) is 15.6. The van der Waals surface area contributed by atoms with Crippen LogP contribution in [0.5, 0.6) is 0 Å². The number of fused-ring (bicyclic) bond motifs is 1. The first-order chi connectivity index (χ1) is 21.4. The molecule has 2 saturated carbocycles. The first-order valence-corrected chi connectivity index (χ1v) is 15.6. The van der Waals surface area contributed by atoms with Crippen LogP contribution >= 0.6 is 0 Å². The lowest BCUT2D eigenvalue weighted by Crippen LogP contribution is -2.67. The minimum absolute atomic E-state index is 0.100.